The van der Waals surface area contributed by atoms with E-state index in [0.717, 1.165) is 0 Å². The first-order chi connectivity index (χ1) is 9.95. The zero-order chi connectivity index (χ0) is 15.4. The minimum atomic E-state index is -2.91. The molecule has 2 N–H and O–H groups in total. The fourth-order valence-electron chi connectivity index (χ4n) is 1.56. The van der Waals surface area contributed by atoms with Crippen molar-refractivity contribution in [1.82, 2.24) is 4.98 Å². The Kier molecular flexibility index (Phi) is 4.54. The molecule has 2 rings (SSSR count). The summed E-state index contributed by atoms with van der Waals surface area (Å²) < 4.78 is 28.3. The monoisotopic (exact) mass is 314 g/mol. The van der Waals surface area contributed by atoms with Crippen LogP contribution in [0.2, 0.25) is 5.15 Å². The number of carboxylic acids is 1. The number of aromatic carboxylic acids is 1. The molecule has 0 radical (unpaired) electrons. The maximum absolute atomic E-state index is 12.0. The average Bonchev–Trinajstić information content (AvgIpc) is 2.40. The minimum absolute atomic E-state index is 0.00642. The van der Waals surface area contributed by atoms with Crippen molar-refractivity contribution in [3.05, 3.63) is 47.1 Å². The molecule has 0 amide bonds. The van der Waals surface area contributed by atoms with Crippen LogP contribution < -0.4 is 10.1 Å². The molecule has 0 saturated carbocycles. The number of alkyl halides is 2. The van der Waals surface area contributed by atoms with Crippen molar-refractivity contribution in [2.45, 2.75) is 6.61 Å². The lowest BCUT2D eigenvalue weighted by Crippen LogP contribution is -2.05. The van der Waals surface area contributed by atoms with Crippen LogP contribution in [0.1, 0.15) is 10.4 Å². The number of nitrogens with zero attached hydrogens (tertiary/aromatic N) is 1. The molecule has 0 aliphatic rings. The molecule has 0 spiro atoms. The van der Waals surface area contributed by atoms with Gasteiger partial charge < -0.3 is 15.2 Å². The number of halogens is 3. The SMILES string of the molecule is O=C(O)c1ccc(Cl)nc1Nc1ccc(OC(F)F)cc1. The molecule has 110 valence electrons. The largest absolute Gasteiger partial charge is 0.478 e. The van der Waals surface area contributed by atoms with Gasteiger partial charge in [-0.15, -0.1) is 0 Å². The highest BCUT2D eigenvalue weighted by Gasteiger charge is 2.12. The number of carboxylic acid groups (broad SMARTS) is 1. The zero-order valence-corrected chi connectivity index (χ0v) is 11.1. The number of hydrogen-bond donors (Lipinski definition) is 2. The fourth-order valence-corrected chi connectivity index (χ4v) is 1.71. The highest BCUT2D eigenvalue weighted by atomic mass is 35.5. The first kappa shape index (κ1) is 15.0. The molecule has 1 aromatic carbocycles. The minimum Gasteiger partial charge on any atom is -0.478 e. The summed E-state index contributed by atoms with van der Waals surface area (Å²) in [6.07, 6.45) is 0. The molecular weight excluding hydrogens is 306 g/mol. The molecule has 0 aliphatic heterocycles. The molecule has 0 fully saturated rings. The van der Waals surface area contributed by atoms with Crippen molar-refractivity contribution in [3.63, 3.8) is 0 Å². The van der Waals surface area contributed by atoms with Gasteiger partial charge in [-0.25, -0.2) is 9.78 Å². The Morgan fingerprint density at radius 1 is 1.24 bits per heavy atom. The lowest BCUT2D eigenvalue weighted by molar-refractivity contribution is -0.0498. The molecule has 8 heteroatoms. The van der Waals surface area contributed by atoms with Crippen molar-refractivity contribution in [2.24, 2.45) is 0 Å². The summed E-state index contributed by atoms with van der Waals surface area (Å²) in [5, 5.41) is 11.9. The van der Waals surface area contributed by atoms with Crippen LogP contribution in [-0.4, -0.2) is 22.7 Å². The summed E-state index contributed by atoms with van der Waals surface area (Å²) in [4.78, 5) is 15.0. The molecule has 1 heterocycles. The van der Waals surface area contributed by atoms with Crippen molar-refractivity contribution in [1.29, 1.82) is 0 Å². The number of hydrogen-bond acceptors (Lipinski definition) is 4. The van der Waals surface area contributed by atoms with Crippen LogP contribution in [0, 0.1) is 0 Å². The van der Waals surface area contributed by atoms with Crippen LogP contribution in [0.15, 0.2) is 36.4 Å². The molecule has 1 aromatic heterocycles. The number of ether oxygens (including phenoxy) is 1. The third kappa shape index (κ3) is 4.03. The molecule has 0 atom stereocenters. The van der Waals surface area contributed by atoms with Gasteiger partial charge in [-0.05, 0) is 36.4 Å². The number of anilines is 2. The average molecular weight is 315 g/mol. The number of rotatable bonds is 5. The van der Waals surface area contributed by atoms with E-state index in [1.54, 1.807) is 0 Å². The molecule has 0 saturated heterocycles. The van der Waals surface area contributed by atoms with Gasteiger partial charge in [0.1, 0.15) is 22.3 Å². The number of pyridine rings is 1. The topological polar surface area (TPSA) is 71.5 Å². The maximum Gasteiger partial charge on any atom is 0.387 e. The number of carbonyl (C=O) groups is 1. The van der Waals surface area contributed by atoms with E-state index < -0.39 is 12.6 Å². The van der Waals surface area contributed by atoms with E-state index in [9.17, 15) is 13.6 Å². The first-order valence-electron chi connectivity index (χ1n) is 5.67. The second-order valence-corrected chi connectivity index (χ2v) is 4.25. The molecule has 5 nitrogen and oxygen atoms in total. The molecule has 2 aromatic rings. The van der Waals surface area contributed by atoms with E-state index in [4.69, 9.17) is 16.7 Å². The highest BCUT2D eigenvalue weighted by molar-refractivity contribution is 6.29. The molecular formula is C13H9ClF2N2O3. The Morgan fingerprint density at radius 3 is 2.48 bits per heavy atom. The van der Waals surface area contributed by atoms with E-state index in [1.165, 1.54) is 36.4 Å². The predicted molar refractivity (Wildman–Crippen MR) is 72.6 cm³/mol. The van der Waals surface area contributed by atoms with Gasteiger partial charge in [0.2, 0.25) is 0 Å². The standard InChI is InChI=1S/C13H9ClF2N2O3/c14-10-6-5-9(12(19)20)11(18-10)17-7-1-3-8(4-2-7)21-13(15)16/h1-6,13H,(H,17,18)(H,19,20). The number of benzene rings is 1. The van der Waals surface area contributed by atoms with Gasteiger partial charge in [-0.1, -0.05) is 11.6 Å². The van der Waals surface area contributed by atoms with E-state index >= 15 is 0 Å². The van der Waals surface area contributed by atoms with E-state index in [0.29, 0.717) is 5.69 Å². The smallest absolute Gasteiger partial charge is 0.387 e. The van der Waals surface area contributed by atoms with Crippen LogP contribution in [0.3, 0.4) is 0 Å². The normalized spacial score (nSPS) is 10.5. The maximum atomic E-state index is 12.0. The van der Waals surface area contributed by atoms with Gasteiger partial charge in [-0.3, -0.25) is 0 Å². The van der Waals surface area contributed by atoms with Gasteiger partial charge in [0, 0.05) is 5.69 Å². The van der Waals surface area contributed by atoms with Crippen LogP contribution in [-0.2, 0) is 0 Å². The van der Waals surface area contributed by atoms with E-state index in [2.05, 4.69) is 15.0 Å². The fraction of sp³-hybridized carbons (Fsp3) is 0.0769. The van der Waals surface area contributed by atoms with Gasteiger partial charge in [0.25, 0.3) is 0 Å². The quantitative estimate of drug-likeness (QED) is 0.822. The van der Waals surface area contributed by atoms with Gasteiger partial charge in [-0.2, -0.15) is 8.78 Å². The Hall–Kier alpha value is -2.41. The summed E-state index contributed by atoms with van der Waals surface area (Å²) in [6.45, 7) is -2.91. The summed E-state index contributed by atoms with van der Waals surface area (Å²) >= 11 is 5.72. The van der Waals surface area contributed by atoms with Gasteiger partial charge >= 0.3 is 12.6 Å². The Morgan fingerprint density at radius 2 is 1.90 bits per heavy atom. The second kappa shape index (κ2) is 6.36. The highest BCUT2D eigenvalue weighted by Crippen LogP contribution is 2.23. The van der Waals surface area contributed by atoms with Crippen molar-refractivity contribution < 1.29 is 23.4 Å². The van der Waals surface area contributed by atoms with Crippen LogP contribution in [0.4, 0.5) is 20.3 Å². The molecule has 0 aliphatic carbocycles. The summed E-state index contributed by atoms with van der Waals surface area (Å²) in [6, 6.07) is 8.21. The Labute approximate surface area is 123 Å². The lowest BCUT2D eigenvalue weighted by atomic mass is 10.2. The third-order valence-electron chi connectivity index (χ3n) is 2.43. The third-order valence-corrected chi connectivity index (χ3v) is 2.64. The zero-order valence-electron chi connectivity index (χ0n) is 10.4. The first-order valence-corrected chi connectivity index (χ1v) is 6.05. The molecule has 21 heavy (non-hydrogen) atoms. The predicted octanol–water partition coefficient (Wildman–Crippen LogP) is 3.78. The van der Waals surface area contributed by atoms with Crippen molar-refractivity contribution in [3.8, 4) is 5.75 Å². The van der Waals surface area contributed by atoms with Crippen molar-refractivity contribution in [2.75, 3.05) is 5.32 Å². The molecule has 0 bridgehead atoms. The van der Waals surface area contributed by atoms with Crippen molar-refractivity contribution >= 4 is 29.1 Å². The van der Waals surface area contributed by atoms with Gasteiger partial charge in [0.15, 0.2) is 0 Å². The summed E-state index contributed by atoms with van der Waals surface area (Å²) in [5.41, 5.74) is 0.390. The lowest BCUT2D eigenvalue weighted by Gasteiger charge is -2.10. The van der Waals surface area contributed by atoms with Crippen LogP contribution in [0.25, 0.3) is 0 Å². The summed E-state index contributed by atoms with van der Waals surface area (Å²) in [5.74, 6) is -1.12. The number of aromatic nitrogens is 1. The Bertz CT molecular complexity index is 650. The van der Waals surface area contributed by atoms with Gasteiger partial charge in [0.05, 0.1) is 0 Å². The molecule has 0 unspecified atom stereocenters. The van der Waals surface area contributed by atoms with E-state index in [-0.39, 0.29) is 22.3 Å². The Balaban J connectivity index is 2.22. The van der Waals surface area contributed by atoms with Crippen LogP contribution in [0.5, 0.6) is 5.75 Å². The van der Waals surface area contributed by atoms with E-state index in [1.807, 2.05) is 0 Å². The summed E-state index contributed by atoms with van der Waals surface area (Å²) in [7, 11) is 0. The second-order valence-electron chi connectivity index (χ2n) is 3.86. The number of nitrogens with one attached hydrogen (secondary N) is 1. The van der Waals surface area contributed by atoms with Crippen LogP contribution >= 0.6 is 11.6 Å².